The van der Waals surface area contributed by atoms with Crippen LogP contribution in [-0.4, -0.2) is 23.7 Å². The predicted octanol–water partition coefficient (Wildman–Crippen LogP) is -3.44. The van der Waals surface area contributed by atoms with E-state index >= 15 is 0 Å². The highest BCUT2D eigenvalue weighted by atomic mass is 16.4. The van der Waals surface area contributed by atoms with Gasteiger partial charge in [0.25, 0.3) is 0 Å². The highest BCUT2D eigenvalue weighted by Crippen LogP contribution is 1.72. The van der Waals surface area contributed by atoms with E-state index in [2.05, 4.69) is 5.84 Å². The van der Waals surface area contributed by atoms with Crippen molar-refractivity contribution in [2.75, 3.05) is 6.54 Å². The smallest absolute Gasteiger partial charge is 0.107 e. The lowest BCUT2D eigenvalue weighted by Crippen LogP contribution is -2.43. The van der Waals surface area contributed by atoms with Crippen LogP contribution in [0.2, 0.25) is 0 Å². The van der Waals surface area contributed by atoms with Gasteiger partial charge in [-0.25, -0.2) is 0 Å². The van der Waals surface area contributed by atoms with Crippen LogP contribution in [0.1, 0.15) is 0 Å². The molecule has 0 spiro atoms. The number of aliphatic hydroxyl groups is 1. The van der Waals surface area contributed by atoms with Gasteiger partial charge in [-0.2, -0.15) is 0 Å². The Morgan fingerprint density at radius 2 is 2.50 bits per heavy atom. The third-order valence-corrected chi connectivity index (χ3v) is 0.583. The number of nitrogens with two attached hydrogens (primary N) is 1. The summed E-state index contributed by atoms with van der Waals surface area (Å²) in [5, 5.41) is 18.0. The molecule has 0 aromatic rings. The van der Waals surface area contributed by atoms with E-state index < -0.39 is 12.1 Å². The van der Waals surface area contributed by atoms with Crippen molar-refractivity contribution in [3.63, 3.8) is 0 Å². The van der Waals surface area contributed by atoms with E-state index in [4.69, 9.17) is 5.11 Å². The summed E-state index contributed by atoms with van der Waals surface area (Å²) in [6.07, 6.45) is -1.51. The molecule has 4 N–H and O–H groups in total. The lowest BCUT2D eigenvalue weighted by Gasteiger charge is -2.08. The Kier molecular flexibility index (Phi) is 3.09. The number of carboxylic acids is 1. The molecule has 0 saturated heterocycles. The number of hydrazine groups is 1. The molecule has 5 heteroatoms. The fraction of sp³-hybridized carbons (Fsp3) is 0.667. The number of nitrogens with one attached hydrogen (secondary N) is 1. The van der Waals surface area contributed by atoms with E-state index in [9.17, 15) is 9.90 Å². The summed E-state index contributed by atoms with van der Waals surface area (Å²) < 4.78 is 0. The highest BCUT2D eigenvalue weighted by Gasteiger charge is 2.00. The number of aliphatic carboxylic acids is 1. The van der Waals surface area contributed by atoms with Crippen LogP contribution in [0, 0.1) is 0 Å². The van der Waals surface area contributed by atoms with E-state index in [1.54, 1.807) is 0 Å². The van der Waals surface area contributed by atoms with Gasteiger partial charge in [0.1, 0.15) is 6.10 Å². The second-order valence-corrected chi connectivity index (χ2v) is 1.24. The number of hydrogen-bond donors (Lipinski definition) is 3. The SMILES string of the molecule is NNC[C@H](O)C(=O)[O-]. The van der Waals surface area contributed by atoms with Crippen LogP contribution in [0.3, 0.4) is 0 Å². The minimum atomic E-state index is -1.53. The maximum atomic E-state index is 9.63. The number of carbonyl (C=O) groups excluding carboxylic acids is 1. The number of rotatable bonds is 3. The Morgan fingerprint density at radius 1 is 2.00 bits per heavy atom. The predicted molar refractivity (Wildman–Crippen MR) is 23.2 cm³/mol. The van der Waals surface area contributed by atoms with Crippen molar-refractivity contribution in [2.45, 2.75) is 6.10 Å². The first-order chi connectivity index (χ1) is 3.68. The molecule has 0 rings (SSSR count). The van der Waals surface area contributed by atoms with Crippen molar-refractivity contribution in [1.82, 2.24) is 5.43 Å². The molecule has 5 nitrogen and oxygen atoms in total. The van der Waals surface area contributed by atoms with Crippen LogP contribution < -0.4 is 16.4 Å². The molecule has 0 aliphatic heterocycles. The molecular formula is C3H7N2O3-. The van der Waals surface area contributed by atoms with Crippen LogP contribution >= 0.6 is 0 Å². The number of carbonyl (C=O) groups is 1. The van der Waals surface area contributed by atoms with Gasteiger partial charge in [0.05, 0.1) is 5.97 Å². The quantitative estimate of drug-likeness (QED) is 0.265. The lowest BCUT2D eigenvalue weighted by molar-refractivity contribution is -0.314. The highest BCUT2D eigenvalue weighted by molar-refractivity contribution is 5.69. The molecule has 0 bridgehead atoms. The van der Waals surface area contributed by atoms with E-state index in [0.717, 1.165) is 0 Å². The first-order valence-corrected chi connectivity index (χ1v) is 2.01. The standard InChI is InChI=1S/C3H8N2O3/c4-5-1-2(6)3(7)8/h2,5-6H,1,4H2,(H,7,8)/p-1/t2-/m0/s1. The summed E-state index contributed by atoms with van der Waals surface area (Å²) in [6.45, 7) is -0.192. The summed E-state index contributed by atoms with van der Waals surface area (Å²) in [5.74, 6) is 3.14. The maximum Gasteiger partial charge on any atom is 0.107 e. The van der Waals surface area contributed by atoms with Crippen molar-refractivity contribution in [1.29, 1.82) is 0 Å². The normalized spacial score (nSPS) is 13.2. The van der Waals surface area contributed by atoms with Crippen molar-refractivity contribution < 1.29 is 15.0 Å². The zero-order valence-corrected chi connectivity index (χ0v) is 4.13. The Morgan fingerprint density at radius 3 is 2.62 bits per heavy atom. The molecule has 0 aliphatic carbocycles. The Hall–Kier alpha value is -0.650. The lowest BCUT2D eigenvalue weighted by atomic mass is 10.4. The minimum Gasteiger partial charge on any atom is -0.547 e. The molecule has 0 aliphatic rings. The molecule has 0 amide bonds. The van der Waals surface area contributed by atoms with Gasteiger partial charge in [0.2, 0.25) is 0 Å². The first-order valence-electron chi connectivity index (χ1n) is 2.01. The van der Waals surface area contributed by atoms with Crippen LogP contribution in [0.5, 0.6) is 0 Å². The molecule has 1 atom stereocenters. The van der Waals surface area contributed by atoms with Crippen LogP contribution in [-0.2, 0) is 4.79 Å². The molecule has 0 aromatic heterocycles. The number of hydrogen-bond acceptors (Lipinski definition) is 5. The zero-order valence-electron chi connectivity index (χ0n) is 4.13. The molecule has 0 fully saturated rings. The first kappa shape index (κ1) is 7.35. The molecule has 0 heterocycles. The fourth-order valence-electron chi connectivity index (χ4n) is 0.195. The van der Waals surface area contributed by atoms with Gasteiger partial charge < -0.3 is 15.0 Å². The van der Waals surface area contributed by atoms with Gasteiger partial charge in [-0.05, 0) is 0 Å². The van der Waals surface area contributed by atoms with Crippen molar-refractivity contribution in [3.8, 4) is 0 Å². The third-order valence-electron chi connectivity index (χ3n) is 0.583. The molecule has 0 saturated carbocycles. The van der Waals surface area contributed by atoms with Gasteiger partial charge in [-0.15, -0.1) is 0 Å². The average molecular weight is 119 g/mol. The summed E-state index contributed by atoms with van der Waals surface area (Å²) in [7, 11) is 0. The van der Waals surface area contributed by atoms with Crippen LogP contribution in [0.4, 0.5) is 0 Å². The van der Waals surface area contributed by atoms with Gasteiger partial charge >= 0.3 is 0 Å². The maximum absolute atomic E-state index is 9.63. The molecule has 8 heavy (non-hydrogen) atoms. The number of aliphatic hydroxyl groups excluding tert-OH is 1. The fourth-order valence-corrected chi connectivity index (χ4v) is 0.195. The largest absolute Gasteiger partial charge is 0.547 e. The van der Waals surface area contributed by atoms with Gasteiger partial charge in [0, 0.05) is 6.54 Å². The third kappa shape index (κ3) is 2.51. The van der Waals surface area contributed by atoms with Gasteiger partial charge in [-0.1, -0.05) is 0 Å². The monoisotopic (exact) mass is 119 g/mol. The summed E-state index contributed by atoms with van der Waals surface area (Å²) >= 11 is 0. The van der Waals surface area contributed by atoms with Gasteiger partial charge in [-0.3, -0.25) is 11.3 Å². The van der Waals surface area contributed by atoms with E-state index in [0.29, 0.717) is 0 Å². The number of carboxylic acid groups (broad SMARTS) is 1. The van der Waals surface area contributed by atoms with Crippen LogP contribution in [0.25, 0.3) is 0 Å². The van der Waals surface area contributed by atoms with E-state index in [1.807, 2.05) is 5.43 Å². The van der Waals surface area contributed by atoms with E-state index in [-0.39, 0.29) is 6.54 Å². The second kappa shape index (κ2) is 3.36. The Balaban J connectivity index is 3.32. The summed E-state index contributed by atoms with van der Waals surface area (Å²) in [6, 6.07) is 0. The molecule has 48 valence electrons. The molecule has 0 radical (unpaired) electrons. The summed E-state index contributed by atoms with van der Waals surface area (Å²) in [4.78, 5) is 9.63. The molecule has 0 unspecified atom stereocenters. The van der Waals surface area contributed by atoms with Crippen molar-refractivity contribution in [2.24, 2.45) is 5.84 Å². The topological polar surface area (TPSA) is 98.4 Å². The Bertz CT molecular complexity index is 84.6. The summed E-state index contributed by atoms with van der Waals surface area (Å²) in [5.41, 5.74) is 1.98. The molecule has 0 aromatic carbocycles. The molecular weight excluding hydrogens is 112 g/mol. The van der Waals surface area contributed by atoms with E-state index in [1.165, 1.54) is 0 Å². The van der Waals surface area contributed by atoms with Crippen molar-refractivity contribution in [3.05, 3.63) is 0 Å². The van der Waals surface area contributed by atoms with Gasteiger partial charge in [0.15, 0.2) is 0 Å². The Labute approximate surface area is 46.1 Å². The van der Waals surface area contributed by atoms with Crippen LogP contribution in [0.15, 0.2) is 0 Å². The van der Waals surface area contributed by atoms with Crippen molar-refractivity contribution >= 4 is 5.97 Å². The minimum absolute atomic E-state index is 0.192. The second-order valence-electron chi connectivity index (χ2n) is 1.24. The zero-order chi connectivity index (χ0) is 6.57. The average Bonchev–Trinajstić information content (AvgIpc) is 1.67.